The van der Waals surface area contributed by atoms with Gasteiger partial charge in [-0.05, 0) is 18.4 Å². The summed E-state index contributed by atoms with van der Waals surface area (Å²) in [4.78, 5) is 0. The second-order valence-corrected chi connectivity index (χ2v) is 9.69. The van der Waals surface area contributed by atoms with Crippen LogP contribution in [-0.4, -0.2) is 34.7 Å². The highest BCUT2D eigenvalue weighted by atomic mass is 32.4. The standard InChI is InChI=1S/C6H18O2SSi/c1-5-6-9(4)10(7-2)8-3/h9-10H,5-6H2,1-4H3. The molecule has 0 spiro atoms. The zero-order valence-corrected chi connectivity index (χ0v) is 9.30. The van der Waals surface area contributed by atoms with Crippen molar-refractivity contribution in [3.8, 4) is 0 Å². The molecule has 1 atom stereocenters. The minimum Gasteiger partial charge on any atom is -0.393 e. The van der Waals surface area contributed by atoms with Crippen LogP contribution in [0.4, 0.5) is 0 Å². The average molecular weight is 182 g/mol. The lowest BCUT2D eigenvalue weighted by Crippen LogP contribution is -2.20. The van der Waals surface area contributed by atoms with Gasteiger partial charge in [-0.2, -0.15) is 0 Å². The normalized spacial score (nSPS) is 15.9. The van der Waals surface area contributed by atoms with Crippen LogP contribution in [0.5, 0.6) is 0 Å². The van der Waals surface area contributed by atoms with Crippen LogP contribution in [-0.2, 0) is 8.85 Å². The van der Waals surface area contributed by atoms with Gasteiger partial charge in [-0.3, -0.25) is 0 Å². The first-order chi connectivity index (χ1) is 4.76. The highest BCUT2D eigenvalue weighted by Crippen LogP contribution is 2.25. The molecule has 0 aromatic carbocycles. The van der Waals surface area contributed by atoms with Gasteiger partial charge in [0.15, 0.2) is 0 Å². The molecular formula is C6H18O2SSi. The van der Waals surface area contributed by atoms with Crippen molar-refractivity contribution in [1.29, 1.82) is 0 Å². The fraction of sp³-hybridized carbons (Fsp3) is 1.00. The molecule has 0 fully saturated rings. The molecule has 0 aliphatic rings. The lowest BCUT2D eigenvalue weighted by Gasteiger charge is -2.21. The Labute approximate surface area is 67.7 Å². The zero-order chi connectivity index (χ0) is 7.98. The van der Waals surface area contributed by atoms with E-state index in [4.69, 9.17) is 8.85 Å². The Kier molecular flexibility index (Phi) is 6.52. The molecule has 0 radical (unpaired) electrons. The molecule has 0 N–H and O–H groups in total. The molecule has 10 heavy (non-hydrogen) atoms. The molecule has 0 saturated heterocycles. The van der Waals surface area contributed by atoms with Crippen LogP contribution in [0, 0.1) is 0 Å². The van der Waals surface area contributed by atoms with E-state index in [1.54, 1.807) is 14.2 Å². The van der Waals surface area contributed by atoms with E-state index in [-0.39, 0.29) is 10.3 Å². The van der Waals surface area contributed by atoms with Crippen molar-refractivity contribution in [2.45, 2.75) is 13.3 Å². The lowest BCUT2D eigenvalue weighted by atomic mass is 10.6. The second kappa shape index (κ2) is 6.21. The summed E-state index contributed by atoms with van der Waals surface area (Å²) in [7, 11) is 2.33. The molecule has 2 nitrogen and oxygen atoms in total. The van der Waals surface area contributed by atoms with Gasteiger partial charge in [0.2, 0.25) is 0 Å². The minimum atomic E-state index is -1.24. The lowest BCUT2D eigenvalue weighted by molar-refractivity contribution is 0.300. The summed E-state index contributed by atoms with van der Waals surface area (Å²) in [6.45, 7) is 2.20. The van der Waals surface area contributed by atoms with E-state index >= 15 is 0 Å². The van der Waals surface area contributed by atoms with Crippen LogP contribution in [0.15, 0.2) is 0 Å². The van der Waals surface area contributed by atoms with E-state index in [0.29, 0.717) is 0 Å². The van der Waals surface area contributed by atoms with Crippen molar-refractivity contribution < 1.29 is 8.85 Å². The number of thiol groups is 1. The molecule has 0 rings (SSSR count). The van der Waals surface area contributed by atoms with Crippen LogP contribution in [0.3, 0.4) is 0 Å². The molecule has 64 valence electrons. The zero-order valence-electron chi connectivity index (χ0n) is 7.26. The molecule has 4 heteroatoms. The third-order valence-corrected chi connectivity index (χ3v) is 8.22. The summed E-state index contributed by atoms with van der Waals surface area (Å²) >= 11 is 0. The van der Waals surface area contributed by atoms with Crippen molar-refractivity contribution in [1.82, 2.24) is 0 Å². The van der Waals surface area contributed by atoms with Gasteiger partial charge in [0.05, 0.1) is 0 Å². The van der Waals surface area contributed by atoms with Crippen molar-refractivity contribution in [2.75, 3.05) is 26.2 Å². The summed E-state index contributed by atoms with van der Waals surface area (Å²) < 4.78 is 10.5. The van der Waals surface area contributed by atoms with E-state index in [1.165, 1.54) is 12.2 Å². The quantitative estimate of drug-likeness (QED) is 0.506. The Balaban J connectivity index is 3.53. The van der Waals surface area contributed by atoms with E-state index in [1.807, 2.05) is 0 Å². The van der Waals surface area contributed by atoms with Crippen LogP contribution in [0.2, 0.25) is 0 Å². The van der Waals surface area contributed by atoms with Gasteiger partial charge in [0, 0.05) is 14.2 Å². The van der Waals surface area contributed by atoms with Gasteiger partial charge in [-0.1, -0.05) is 6.92 Å². The Morgan fingerprint density at radius 3 is 2.10 bits per heavy atom. The summed E-state index contributed by atoms with van der Waals surface area (Å²) in [5.41, 5.74) is 0. The molecule has 0 aliphatic heterocycles. The Hall–Kier alpha value is 0.487. The van der Waals surface area contributed by atoms with Crippen LogP contribution >= 0.6 is 10.3 Å². The number of rotatable bonds is 5. The maximum Gasteiger partial charge on any atom is 0.369 e. The molecule has 0 aliphatic carbocycles. The Morgan fingerprint density at radius 2 is 1.80 bits per heavy atom. The predicted octanol–water partition coefficient (Wildman–Crippen LogP) is 1.04. The first-order valence-corrected chi connectivity index (χ1v) is 8.05. The van der Waals surface area contributed by atoms with Gasteiger partial charge < -0.3 is 8.85 Å². The van der Waals surface area contributed by atoms with Gasteiger partial charge in [-0.25, -0.2) is 10.3 Å². The van der Waals surface area contributed by atoms with Crippen molar-refractivity contribution in [3.05, 3.63) is 0 Å². The molecule has 0 aromatic rings. The molecule has 0 heterocycles. The van der Waals surface area contributed by atoms with E-state index in [9.17, 15) is 0 Å². The van der Waals surface area contributed by atoms with E-state index < -0.39 is 8.43 Å². The van der Waals surface area contributed by atoms with Crippen molar-refractivity contribution in [2.24, 2.45) is 0 Å². The monoisotopic (exact) mass is 182 g/mol. The highest BCUT2D eigenvalue weighted by molar-refractivity contribution is 8.38. The third-order valence-electron chi connectivity index (χ3n) is 1.34. The average Bonchev–Trinajstić information content (AvgIpc) is 1.91. The predicted molar refractivity (Wildman–Crippen MR) is 51.2 cm³/mol. The van der Waals surface area contributed by atoms with Crippen LogP contribution < -0.4 is 0 Å². The number of hydrogen-bond acceptors (Lipinski definition) is 2. The molecule has 0 amide bonds. The first-order valence-electron chi connectivity index (χ1n) is 3.52. The maximum absolute atomic E-state index is 5.26. The molecule has 1 unspecified atom stereocenters. The largest absolute Gasteiger partial charge is 0.393 e. The fourth-order valence-corrected chi connectivity index (χ4v) is 6.31. The topological polar surface area (TPSA) is 18.5 Å². The number of hydrogen-bond donors (Lipinski definition) is 1. The maximum atomic E-state index is 5.26. The van der Waals surface area contributed by atoms with Gasteiger partial charge in [0.25, 0.3) is 0 Å². The first kappa shape index (κ1) is 10.5. The van der Waals surface area contributed by atoms with Crippen molar-refractivity contribution >= 4 is 18.8 Å². The van der Waals surface area contributed by atoms with Gasteiger partial charge >= 0.3 is 8.43 Å². The molecular weight excluding hydrogens is 164 g/mol. The summed E-state index contributed by atoms with van der Waals surface area (Å²) in [6.07, 6.45) is 3.52. The van der Waals surface area contributed by atoms with Crippen LogP contribution in [0.1, 0.15) is 13.3 Å². The fourth-order valence-electron chi connectivity index (χ4n) is 0.914. The Morgan fingerprint density at radius 1 is 1.30 bits per heavy atom. The van der Waals surface area contributed by atoms with Crippen LogP contribution in [0.25, 0.3) is 0 Å². The van der Waals surface area contributed by atoms with Gasteiger partial charge in [-0.15, -0.1) is 0 Å². The van der Waals surface area contributed by atoms with Crippen molar-refractivity contribution in [3.63, 3.8) is 0 Å². The molecule has 0 saturated carbocycles. The summed E-state index contributed by atoms with van der Waals surface area (Å²) in [5, 5.41) is 0. The van der Waals surface area contributed by atoms with Gasteiger partial charge in [0.1, 0.15) is 0 Å². The molecule has 0 aromatic heterocycles. The third kappa shape index (κ3) is 3.61. The summed E-state index contributed by atoms with van der Waals surface area (Å²) in [6, 6.07) is 0. The van der Waals surface area contributed by atoms with E-state index in [2.05, 4.69) is 13.2 Å². The minimum absolute atomic E-state index is 0.0502. The van der Waals surface area contributed by atoms with E-state index in [0.717, 1.165) is 0 Å². The molecule has 0 bridgehead atoms. The highest BCUT2D eigenvalue weighted by Gasteiger charge is 2.14. The SMILES string of the molecule is CCC[SH](C)[SiH](OC)OC. The Bertz CT molecular complexity index is 78.1. The smallest absolute Gasteiger partial charge is 0.369 e. The summed E-state index contributed by atoms with van der Waals surface area (Å²) in [5.74, 6) is 1.29. The second-order valence-electron chi connectivity index (χ2n) is 2.26.